The maximum absolute atomic E-state index is 12.9. The Kier molecular flexibility index (Phi) is 7.04. The van der Waals surface area contributed by atoms with Crippen LogP contribution in [0.25, 0.3) is 0 Å². The highest BCUT2D eigenvalue weighted by atomic mass is 32.1. The van der Waals surface area contributed by atoms with Crippen molar-refractivity contribution in [3.8, 4) is 0 Å². The third-order valence-corrected chi connectivity index (χ3v) is 6.29. The van der Waals surface area contributed by atoms with Gasteiger partial charge in [-0.05, 0) is 43.5 Å². The van der Waals surface area contributed by atoms with Gasteiger partial charge in [-0.15, -0.1) is 10.2 Å². The number of amides is 3. The summed E-state index contributed by atoms with van der Waals surface area (Å²) in [6.45, 7) is 3.20. The molecule has 33 heavy (non-hydrogen) atoms. The lowest BCUT2D eigenvalue weighted by Gasteiger charge is -2.31. The lowest BCUT2D eigenvalue weighted by molar-refractivity contribution is -0.126. The summed E-state index contributed by atoms with van der Waals surface area (Å²) in [5, 5.41) is 13.7. The molecule has 0 aliphatic carbocycles. The highest BCUT2D eigenvalue weighted by Crippen LogP contribution is 2.21. The normalized spacial score (nSPS) is 15.7. The van der Waals surface area contributed by atoms with Crippen LogP contribution >= 0.6 is 11.3 Å². The maximum Gasteiger partial charge on any atom is 0.286 e. The highest BCUT2D eigenvalue weighted by Gasteiger charge is 2.30. The summed E-state index contributed by atoms with van der Waals surface area (Å²) in [6.07, 6.45) is 4.82. The second kappa shape index (κ2) is 10.3. The molecule has 1 atom stereocenters. The Morgan fingerprint density at radius 3 is 2.67 bits per heavy atom. The van der Waals surface area contributed by atoms with Crippen LogP contribution in [-0.4, -0.2) is 50.9 Å². The third kappa shape index (κ3) is 5.78. The van der Waals surface area contributed by atoms with Crippen molar-refractivity contribution in [3.63, 3.8) is 0 Å². The molecule has 1 aliphatic heterocycles. The molecule has 3 heterocycles. The molecule has 3 amide bonds. The van der Waals surface area contributed by atoms with Crippen LogP contribution in [0, 0.1) is 12.8 Å². The molecule has 3 aromatic rings. The van der Waals surface area contributed by atoms with Gasteiger partial charge in [0.25, 0.3) is 11.8 Å². The molecule has 1 fully saturated rings. The molecule has 1 aliphatic rings. The molecular formula is C23H24N6O3S. The molecule has 4 rings (SSSR count). The zero-order valence-electron chi connectivity index (χ0n) is 18.2. The van der Waals surface area contributed by atoms with E-state index in [4.69, 9.17) is 0 Å². The number of benzene rings is 1. The highest BCUT2D eigenvalue weighted by molar-refractivity contribution is 7.15. The number of carbonyl (C=O) groups is 3. The number of aromatic nitrogens is 3. The van der Waals surface area contributed by atoms with Gasteiger partial charge in [-0.25, -0.2) is 0 Å². The van der Waals surface area contributed by atoms with Gasteiger partial charge >= 0.3 is 0 Å². The predicted molar refractivity (Wildman–Crippen MR) is 124 cm³/mol. The molecule has 1 aromatic carbocycles. The first-order valence-corrected chi connectivity index (χ1v) is 11.5. The van der Waals surface area contributed by atoms with Gasteiger partial charge in [0.05, 0.1) is 5.92 Å². The number of hydrogen-bond donors (Lipinski definition) is 2. The topological polar surface area (TPSA) is 117 Å². The fourth-order valence-corrected chi connectivity index (χ4v) is 4.28. The number of rotatable bonds is 6. The van der Waals surface area contributed by atoms with Gasteiger partial charge in [0.2, 0.25) is 15.9 Å². The largest absolute Gasteiger partial charge is 0.352 e. The van der Waals surface area contributed by atoms with E-state index in [-0.39, 0.29) is 27.7 Å². The van der Waals surface area contributed by atoms with Crippen LogP contribution in [0.15, 0.2) is 48.8 Å². The molecule has 0 bridgehead atoms. The van der Waals surface area contributed by atoms with Crippen LogP contribution in [0.1, 0.15) is 43.6 Å². The summed E-state index contributed by atoms with van der Waals surface area (Å²) in [5.74, 6) is -1.11. The number of piperidine rings is 1. The fourth-order valence-electron chi connectivity index (χ4n) is 3.57. The van der Waals surface area contributed by atoms with E-state index in [1.54, 1.807) is 29.4 Å². The van der Waals surface area contributed by atoms with Gasteiger partial charge in [-0.2, -0.15) is 0 Å². The van der Waals surface area contributed by atoms with Crippen LogP contribution in [0.3, 0.4) is 0 Å². The summed E-state index contributed by atoms with van der Waals surface area (Å²) in [6, 6.07) is 11.1. The summed E-state index contributed by atoms with van der Waals surface area (Å²) in [5.41, 5.74) is 2.65. The van der Waals surface area contributed by atoms with Crippen molar-refractivity contribution in [1.29, 1.82) is 0 Å². The van der Waals surface area contributed by atoms with Crippen molar-refractivity contribution in [2.45, 2.75) is 26.3 Å². The van der Waals surface area contributed by atoms with Crippen LogP contribution in [0.4, 0.5) is 5.69 Å². The van der Waals surface area contributed by atoms with E-state index in [9.17, 15) is 14.4 Å². The SMILES string of the molecule is Cc1ccc(NC(=O)c2nnc(C(=O)N3CCCC(C(=O)NCc4cccnc4)C3)s2)cc1. The molecule has 1 unspecified atom stereocenters. The molecule has 1 saturated heterocycles. The minimum absolute atomic E-state index is 0.0909. The van der Waals surface area contributed by atoms with E-state index in [0.717, 1.165) is 28.9 Å². The van der Waals surface area contributed by atoms with Crippen LogP contribution in [0.5, 0.6) is 0 Å². The summed E-state index contributed by atoms with van der Waals surface area (Å²) in [4.78, 5) is 43.7. The van der Waals surface area contributed by atoms with Crippen molar-refractivity contribution < 1.29 is 14.4 Å². The summed E-state index contributed by atoms with van der Waals surface area (Å²) < 4.78 is 0. The Bertz CT molecular complexity index is 1130. The van der Waals surface area contributed by atoms with Crippen LogP contribution in [-0.2, 0) is 11.3 Å². The number of anilines is 1. The number of nitrogens with zero attached hydrogens (tertiary/aromatic N) is 4. The van der Waals surface area contributed by atoms with Crippen molar-refractivity contribution in [3.05, 3.63) is 69.9 Å². The first-order valence-electron chi connectivity index (χ1n) is 10.7. The van der Waals surface area contributed by atoms with Crippen molar-refractivity contribution >= 4 is 34.7 Å². The second-order valence-corrected chi connectivity index (χ2v) is 8.88. The average Bonchev–Trinajstić information content (AvgIpc) is 3.35. The Balaban J connectivity index is 1.33. The van der Waals surface area contributed by atoms with Gasteiger partial charge in [0.15, 0.2) is 0 Å². The number of aryl methyl sites for hydroxylation is 1. The minimum atomic E-state index is -0.415. The fraction of sp³-hybridized carbons (Fsp3) is 0.304. The van der Waals surface area contributed by atoms with Gasteiger partial charge < -0.3 is 15.5 Å². The quantitative estimate of drug-likeness (QED) is 0.579. The Morgan fingerprint density at radius 2 is 1.91 bits per heavy atom. The number of carbonyl (C=O) groups excluding carboxylic acids is 3. The molecule has 170 valence electrons. The number of likely N-dealkylation sites (tertiary alicyclic amines) is 1. The lowest BCUT2D eigenvalue weighted by atomic mass is 9.97. The van der Waals surface area contributed by atoms with Crippen LogP contribution < -0.4 is 10.6 Å². The third-order valence-electron chi connectivity index (χ3n) is 5.38. The monoisotopic (exact) mass is 464 g/mol. The smallest absolute Gasteiger partial charge is 0.286 e. The van der Waals surface area contributed by atoms with E-state index in [1.807, 2.05) is 31.2 Å². The standard InChI is InChI=1S/C23H24N6O3S/c1-15-6-8-18(9-7-15)26-20(31)21-27-28-22(33-21)23(32)29-11-3-5-17(14-29)19(30)25-13-16-4-2-10-24-12-16/h2,4,6-10,12,17H,3,5,11,13-14H2,1H3,(H,25,30)(H,26,31). The first kappa shape index (κ1) is 22.5. The molecule has 2 aromatic heterocycles. The van der Waals surface area contributed by atoms with E-state index in [2.05, 4.69) is 25.8 Å². The Hall–Kier alpha value is -3.66. The van der Waals surface area contributed by atoms with Gasteiger partial charge in [-0.1, -0.05) is 35.1 Å². The van der Waals surface area contributed by atoms with Crippen LogP contribution in [0.2, 0.25) is 0 Å². The van der Waals surface area contributed by atoms with E-state index < -0.39 is 5.91 Å². The Labute approximate surface area is 195 Å². The summed E-state index contributed by atoms with van der Waals surface area (Å²) >= 11 is 0.949. The van der Waals surface area contributed by atoms with E-state index >= 15 is 0 Å². The molecule has 2 N–H and O–H groups in total. The molecule has 9 nitrogen and oxygen atoms in total. The van der Waals surface area contributed by atoms with Gasteiger partial charge in [0.1, 0.15) is 0 Å². The lowest BCUT2D eigenvalue weighted by Crippen LogP contribution is -2.45. The number of pyridine rings is 1. The van der Waals surface area contributed by atoms with Crippen molar-refractivity contribution in [2.24, 2.45) is 5.92 Å². The molecular weight excluding hydrogens is 440 g/mol. The Morgan fingerprint density at radius 1 is 1.12 bits per heavy atom. The predicted octanol–water partition coefficient (Wildman–Crippen LogP) is 2.66. The number of hydrogen-bond acceptors (Lipinski definition) is 7. The van der Waals surface area contributed by atoms with E-state index in [0.29, 0.717) is 31.7 Å². The number of nitrogens with one attached hydrogen (secondary N) is 2. The minimum Gasteiger partial charge on any atom is -0.352 e. The maximum atomic E-state index is 12.9. The van der Waals surface area contributed by atoms with Crippen molar-refractivity contribution in [1.82, 2.24) is 25.4 Å². The van der Waals surface area contributed by atoms with Gasteiger partial charge in [0, 0.05) is 37.7 Å². The van der Waals surface area contributed by atoms with Gasteiger partial charge in [-0.3, -0.25) is 19.4 Å². The molecule has 0 spiro atoms. The first-order chi connectivity index (χ1) is 16.0. The molecule has 0 radical (unpaired) electrons. The zero-order chi connectivity index (χ0) is 23.2. The average molecular weight is 465 g/mol. The molecule has 0 saturated carbocycles. The zero-order valence-corrected chi connectivity index (χ0v) is 19.0. The molecule has 10 heteroatoms. The second-order valence-electron chi connectivity index (χ2n) is 7.90. The van der Waals surface area contributed by atoms with E-state index in [1.165, 1.54) is 0 Å². The van der Waals surface area contributed by atoms with Crippen molar-refractivity contribution in [2.75, 3.05) is 18.4 Å². The summed E-state index contributed by atoms with van der Waals surface area (Å²) in [7, 11) is 0.